The van der Waals surface area contributed by atoms with Crippen LogP contribution in [0.5, 0.6) is 11.5 Å². The highest BCUT2D eigenvalue weighted by molar-refractivity contribution is 5.95. The fourth-order valence-corrected chi connectivity index (χ4v) is 1.80. The van der Waals surface area contributed by atoms with E-state index in [1.54, 1.807) is 56.7 Å². The summed E-state index contributed by atoms with van der Waals surface area (Å²) in [6.07, 6.45) is 1.52. The first-order valence-electron chi connectivity index (χ1n) is 6.55. The van der Waals surface area contributed by atoms with Gasteiger partial charge < -0.3 is 15.2 Å². The lowest BCUT2D eigenvalue weighted by molar-refractivity contribution is 0.0955. The minimum absolute atomic E-state index is 0.309. The number of anilines is 1. The number of nitrogens with two attached hydrogens (primary N) is 1. The number of carbonyl (C=O) groups excluding carboxylic acids is 1. The summed E-state index contributed by atoms with van der Waals surface area (Å²) >= 11 is 0. The molecule has 0 aromatic heterocycles. The maximum absolute atomic E-state index is 11.9. The number of amides is 1. The number of methoxy groups -OCH3 is 2. The van der Waals surface area contributed by atoms with Crippen LogP contribution in [0, 0.1) is 0 Å². The van der Waals surface area contributed by atoms with Crippen molar-refractivity contribution < 1.29 is 14.3 Å². The van der Waals surface area contributed by atoms with E-state index in [4.69, 9.17) is 15.2 Å². The van der Waals surface area contributed by atoms with Crippen molar-refractivity contribution in [1.82, 2.24) is 5.43 Å². The lowest BCUT2D eigenvalue weighted by Crippen LogP contribution is -2.17. The molecule has 0 aliphatic heterocycles. The van der Waals surface area contributed by atoms with Gasteiger partial charge in [-0.3, -0.25) is 4.79 Å². The fraction of sp³-hybridized carbons (Fsp3) is 0.125. The molecule has 2 aromatic carbocycles. The molecule has 0 bridgehead atoms. The lowest BCUT2D eigenvalue weighted by Gasteiger charge is -2.07. The summed E-state index contributed by atoms with van der Waals surface area (Å²) in [6, 6.07) is 11.9. The van der Waals surface area contributed by atoms with Crippen LogP contribution in [-0.4, -0.2) is 26.3 Å². The Bertz CT molecular complexity index is 682. The Balaban J connectivity index is 2.03. The summed E-state index contributed by atoms with van der Waals surface area (Å²) in [6.45, 7) is 0. The number of rotatable bonds is 5. The van der Waals surface area contributed by atoms with Gasteiger partial charge in [-0.25, -0.2) is 5.43 Å². The second-order valence-corrected chi connectivity index (χ2v) is 4.44. The zero-order valence-corrected chi connectivity index (χ0v) is 12.4. The number of nitrogens with zero attached hydrogens (tertiary/aromatic N) is 1. The van der Waals surface area contributed by atoms with E-state index in [0.717, 1.165) is 5.56 Å². The van der Waals surface area contributed by atoms with Gasteiger partial charge in [0.1, 0.15) is 0 Å². The number of benzene rings is 2. The molecular weight excluding hydrogens is 282 g/mol. The van der Waals surface area contributed by atoms with Gasteiger partial charge in [-0.15, -0.1) is 0 Å². The smallest absolute Gasteiger partial charge is 0.271 e. The van der Waals surface area contributed by atoms with Crippen molar-refractivity contribution in [3.63, 3.8) is 0 Å². The van der Waals surface area contributed by atoms with Gasteiger partial charge in [0.15, 0.2) is 11.5 Å². The van der Waals surface area contributed by atoms with Gasteiger partial charge >= 0.3 is 0 Å². The van der Waals surface area contributed by atoms with Crippen LogP contribution in [0.2, 0.25) is 0 Å². The maximum Gasteiger partial charge on any atom is 0.271 e. The number of hydrogen-bond donors (Lipinski definition) is 2. The molecule has 114 valence electrons. The van der Waals surface area contributed by atoms with Crippen LogP contribution in [-0.2, 0) is 0 Å². The van der Waals surface area contributed by atoms with E-state index in [-0.39, 0.29) is 5.91 Å². The molecule has 0 radical (unpaired) electrons. The Morgan fingerprint density at radius 1 is 1.09 bits per heavy atom. The molecule has 22 heavy (non-hydrogen) atoms. The van der Waals surface area contributed by atoms with Gasteiger partial charge in [0.05, 0.1) is 20.4 Å². The summed E-state index contributed by atoms with van der Waals surface area (Å²) in [4.78, 5) is 11.9. The second kappa shape index (κ2) is 7.12. The topological polar surface area (TPSA) is 85.9 Å². The van der Waals surface area contributed by atoms with Crippen LogP contribution in [0.15, 0.2) is 47.6 Å². The zero-order chi connectivity index (χ0) is 15.9. The highest BCUT2D eigenvalue weighted by atomic mass is 16.5. The Labute approximate surface area is 128 Å². The van der Waals surface area contributed by atoms with Gasteiger partial charge in [0.2, 0.25) is 0 Å². The molecule has 0 saturated carbocycles. The SMILES string of the molecule is COc1ccc(/C=N/NC(=O)c2ccc(N)cc2)cc1OC. The minimum atomic E-state index is -0.309. The summed E-state index contributed by atoms with van der Waals surface area (Å²) < 4.78 is 10.4. The van der Waals surface area contributed by atoms with E-state index in [0.29, 0.717) is 22.7 Å². The predicted molar refractivity (Wildman–Crippen MR) is 85.5 cm³/mol. The van der Waals surface area contributed by atoms with Gasteiger partial charge in [0, 0.05) is 11.3 Å². The van der Waals surface area contributed by atoms with E-state index in [1.807, 2.05) is 0 Å². The van der Waals surface area contributed by atoms with Gasteiger partial charge in [-0.1, -0.05) is 0 Å². The van der Waals surface area contributed by atoms with Crippen molar-refractivity contribution >= 4 is 17.8 Å². The molecule has 0 aliphatic carbocycles. The average Bonchev–Trinajstić information content (AvgIpc) is 2.55. The summed E-state index contributed by atoms with van der Waals surface area (Å²) in [5.41, 5.74) is 9.88. The third kappa shape index (κ3) is 3.76. The Morgan fingerprint density at radius 2 is 1.77 bits per heavy atom. The first-order chi connectivity index (χ1) is 10.6. The second-order valence-electron chi connectivity index (χ2n) is 4.44. The lowest BCUT2D eigenvalue weighted by atomic mass is 10.2. The van der Waals surface area contributed by atoms with Gasteiger partial charge in [-0.05, 0) is 48.0 Å². The van der Waals surface area contributed by atoms with Crippen molar-refractivity contribution in [3.05, 3.63) is 53.6 Å². The van der Waals surface area contributed by atoms with Crippen LogP contribution in [0.4, 0.5) is 5.69 Å². The summed E-state index contributed by atoms with van der Waals surface area (Å²) in [5, 5.41) is 3.92. The first-order valence-corrected chi connectivity index (χ1v) is 6.55. The molecule has 6 nitrogen and oxygen atoms in total. The van der Waals surface area contributed by atoms with E-state index in [9.17, 15) is 4.79 Å². The summed E-state index contributed by atoms with van der Waals surface area (Å²) in [5.74, 6) is 0.915. The van der Waals surface area contributed by atoms with Crippen LogP contribution in [0.1, 0.15) is 15.9 Å². The molecule has 2 rings (SSSR count). The highest BCUT2D eigenvalue weighted by Crippen LogP contribution is 2.26. The number of hydrogen-bond acceptors (Lipinski definition) is 5. The molecule has 6 heteroatoms. The molecule has 0 aliphatic rings. The Morgan fingerprint density at radius 3 is 2.41 bits per heavy atom. The summed E-state index contributed by atoms with van der Waals surface area (Å²) in [7, 11) is 3.13. The standard InChI is InChI=1S/C16H17N3O3/c1-21-14-8-3-11(9-15(14)22-2)10-18-19-16(20)12-4-6-13(17)7-5-12/h3-10H,17H2,1-2H3,(H,19,20)/b18-10+. The molecule has 0 heterocycles. The third-order valence-corrected chi connectivity index (χ3v) is 2.96. The van der Waals surface area contributed by atoms with E-state index in [2.05, 4.69) is 10.5 Å². The Kier molecular flexibility index (Phi) is 4.98. The quantitative estimate of drug-likeness (QED) is 0.502. The molecule has 0 spiro atoms. The number of hydrazone groups is 1. The molecule has 3 N–H and O–H groups in total. The van der Waals surface area contributed by atoms with E-state index < -0.39 is 0 Å². The molecule has 0 atom stereocenters. The van der Waals surface area contributed by atoms with Crippen molar-refractivity contribution in [2.75, 3.05) is 20.0 Å². The Hall–Kier alpha value is -3.02. The maximum atomic E-state index is 11.9. The normalized spacial score (nSPS) is 10.5. The van der Waals surface area contributed by atoms with Crippen LogP contribution < -0.4 is 20.6 Å². The molecule has 1 amide bonds. The van der Waals surface area contributed by atoms with Crippen molar-refractivity contribution in [2.24, 2.45) is 5.10 Å². The zero-order valence-electron chi connectivity index (χ0n) is 12.4. The van der Waals surface area contributed by atoms with Crippen LogP contribution in [0.3, 0.4) is 0 Å². The van der Waals surface area contributed by atoms with E-state index >= 15 is 0 Å². The monoisotopic (exact) mass is 299 g/mol. The van der Waals surface area contributed by atoms with E-state index in [1.165, 1.54) is 6.21 Å². The largest absolute Gasteiger partial charge is 0.493 e. The molecule has 0 saturated heterocycles. The van der Waals surface area contributed by atoms with Gasteiger partial charge in [0.25, 0.3) is 5.91 Å². The molecular formula is C16H17N3O3. The number of nitrogen functional groups attached to an aromatic ring is 1. The predicted octanol–water partition coefficient (Wildman–Crippen LogP) is 2.05. The van der Waals surface area contributed by atoms with Crippen LogP contribution in [0.25, 0.3) is 0 Å². The van der Waals surface area contributed by atoms with Crippen molar-refractivity contribution in [2.45, 2.75) is 0 Å². The van der Waals surface area contributed by atoms with Crippen molar-refractivity contribution in [3.8, 4) is 11.5 Å². The molecule has 0 fully saturated rings. The fourth-order valence-electron chi connectivity index (χ4n) is 1.80. The third-order valence-electron chi connectivity index (χ3n) is 2.96. The van der Waals surface area contributed by atoms with Crippen molar-refractivity contribution in [1.29, 1.82) is 0 Å². The molecule has 2 aromatic rings. The highest BCUT2D eigenvalue weighted by Gasteiger charge is 2.04. The first kappa shape index (κ1) is 15.4. The minimum Gasteiger partial charge on any atom is -0.493 e. The number of carbonyl (C=O) groups is 1. The van der Waals surface area contributed by atoms with Crippen LogP contribution >= 0.6 is 0 Å². The van der Waals surface area contributed by atoms with Gasteiger partial charge in [-0.2, -0.15) is 5.10 Å². The number of ether oxygens (including phenoxy) is 2. The number of nitrogens with one attached hydrogen (secondary N) is 1. The molecule has 0 unspecified atom stereocenters. The average molecular weight is 299 g/mol.